The molecule has 2 rings (SSSR count). The first-order chi connectivity index (χ1) is 10.2. The first-order valence-corrected chi connectivity index (χ1v) is 7.74. The molecule has 1 aromatic heterocycles. The molecule has 0 unspecified atom stereocenters. The van der Waals surface area contributed by atoms with Crippen molar-refractivity contribution >= 4 is 29.0 Å². The fourth-order valence-corrected chi connectivity index (χ4v) is 2.76. The van der Waals surface area contributed by atoms with E-state index in [-0.39, 0.29) is 5.91 Å². The van der Waals surface area contributed by atoms with Crippen LogP contribution in [-0.2, 0) is 6.54 Å². The van der Waals surface area contributed by atoms with Crippen LogP contribution in [0.2, 0.25) is 0 Å². The quantitative estimate of drug-likeness (QED) is 0.633. The number of benzene rings is 1. The molecule has 0 saturated carbocycles. The van der Waals surface area contributed by atoms with Crippen LogP contribution in [-0.4, -0.2) is 16.2 Å². The highest BCUT2D eigenvalue weighted by Crippen LogP contribution is 2.27. The summed E-state index contributed by atoms with van der Waals surface area (Å²) >= 11 is 1.64. The van der Waals surface area contributed by atoms with Gasteiger partial charge in [0.05, 0.1) is 11.4 Å². The Morgan fingerprint density at radius 1 is 1.48 bits per heavy atom. The molecule has 3 N–H and O–H groups in total. The number of aromatic nitrogens is 1. The van der Waals surface area contributed by atoms with E-state index >= 15 is 0 Å². The summed E-state index contributed by atoms with van der Waals surface area (Å²) in [6, 6.07) is 9.43. The number of hydrogen-bond donors (Lipinski definition) is 2. The second kappa shape index (κ2) is 7.04. The van der Waals surface area contributed by atoms with E-state index in [1.165, 1.54) is 0 Å². The molecule has 0 bridgehead atoms. The van der Waals surface area contributed by atoms with Gasteiger partial charge in [0.25, 0.3) is 5.91 Å². The second-order valence-electron chi connectivity index (χ2n) is 4.49. The zero-order valence-electron chi connectivity index (χ0n) is 12.0. The summed E-state index contributed by atoms with van der Waals surface area (Å²) in [6.07, 6.45) is 3.61. The zero-order chi connectivity index (χ0) is 15.2. The van der Waals surface area contributed by atoms with Crippen molar-refractivity contribution in [3.05, 3.63) is 54.9 Å². The van der Waals surface area contributed by atoms with Gasteiger partial charge in [-0.15, -0.1) is 18.3 Å². The van der Waals surface area contributed by atoms with E-state index < -0.39 is 0 Å². The number of aryl methyl sites for hydroxylation is 1. The van der Waals surface area contributed by atoms with Crippen LogP contribution in [0.15, 0.2) is 54.1 Å². The number of para-hydroxylation sites is 1. The van der Waals surface area contributed by atoms with Crippen molar-refractivity contribution in [3.63, 3.8) is 0 Å². The van der Waals surface area contributed by atoms with Crippen molar-refractivity contribution in [2.24, 2.45) is 0 Å². The molecule has 0 spiro atoms. The molecule has 0 fully saturated rings. The van der Waals surface area contributed by atoms with Crippen molar-refractivity contribution in [1.29, 1.82) is 0 Å². The monoisotopic (exact) mass is 301 g/mol. The van der Waals surface area contributed by atoms with Crippen molar-refractivity contribution in [1.82, 2.24) is 4.57 Å². The largest absolute Gasteiger partial charge is 0.397 e. The van der Waals surface area contributed by atoms with Crippen LogP contribution in [0.5, 0.6) is 0 Å². The maximum Gasteiger partial charge on any atom is 0.272 e. The number of carbonyl (C=O) groups is 1. The Labute approximate surface area is 129 Å². The smallest absolute Gasteiger partial charge is 0.272 e. The Bertz CT molecular complexity index is 649. The molecule has 1 heterocycles. The SMILES string of the molecule is C=CCSc1ccccc1NC(=O)c1cc(N)cn1CC. The van der Waals surface area contributed by atoms with Gasteiger partial charge in [-0.3, -0.25) is 4.79 Å². The summed E-state index contributed by atoms with van der Waals surface area (Å²) in [6.45, 7) is 6.39. The van der Waals surface area contributed by atoms with Gasteiger partial charge in [-0.2, -0.15) is 0 Å². The van der Waals surface area contributed by atoms with E-state index in [9.17, 15) is 4.79 Å². The number of nitrogens with one attached hydrogen (secondary N) is 1. The molecule has 110 valence electrons. The average molecular weight is 301 g/mol. The van der Waals surface area contributed by atoms with Crippen LogP contribution in [0.1, 0.15) is 17.4 Å². The minimum atomic E-state index is -0.153. The van der Waals surface area contributed by atoms with E-state index in [1.807, 2.05) is 41.8 Å². The molecular weight excluding hydrogens is 282 g/mol. The van der Waals surface area contributed by atoms with Gasteiger partial charge in [-0.1, -0.05) is 18.2 Å². The maximum atomic E-state index is 12.4. The van der Waals surface area contributed by atoms with Gasteiger partial charge in [0.1, 0.15) is 5.69 Å². The number of thioether (sulfide) groups is 1. The van der Waals surface area contributed by atoms with E-state index in [0.29, 0.717) is 17.9 Å². The standard InChI is InChI=1S/C16H19N3OS/c1-3-9-21-15-8-6-5-7-13(15)18-16(20)14-10-12(17)11-19(14)4-2/h3,5-8,10-11H,1,4,9,17H2,2H3,(H,18,20). The third kappa shape index (κ3) is 3.70. The Hall–Kier alpha value is -2.14. The number of amides is 1. The lowest BCUT2D eigenvalue weighted by Gasteiger charge is -2.11. The van der Waals surface area contributed by atoms with Crippen LogP contribution in [0.4, 0.5) is 11.4 Å². The lowest BCUT2D eigenvalue weighted by molar-refractivity contribution is 0.101. The Morgan fingerprint density at radius 2 is 2.24 bits per heavy atom. The minimum Gasteiger partial charge on any atom is -0.397 e. The maximum absolute atomic E-state index is 12.4. The Morgan fingerprint density at radius 3 is 2.95 bits per heavy atom. The van der Waals surface area contributed by atoms with Crippen LogP contribution < -0.4 is 11.1 Å². The summed E-state index contributed by atoms with van der Waals surface area (Å²) in [5.74, 6) is 0.644. The summed E-state index contributed by atoms with van der Waals surface area (Å²) < 4.78 is 1.84. The fourth-order valence-electron chi connectivity index (χ4n) is 2.02. The van der Waals surface area contributed by atoms with Gasteiger partial charge in [0.15, 0.2) is 0 Å². The van der Waals surface area contributed by atoms with E-state index in [4.69, 9.17) is 5.73 Å². The number of hydrogen-bond acceptors (Lipinski definition) is 3. The highest BCUT2D eigenvalue weighted by atomic mass is 32.2. The summed E-state index contributed by atoms with van der Waals surface area (Å²) in [5.41, 5.74) is 7.73. The predicted octanol–water partition coefficient (Wildman–Crippen LogP) is 3.62. The lowest BCUT2D eigenvalue weighted by Crippen LogP contribution is -2.16. The van der Waals surface area contributed by atoms with Gasteiger partial charge in [0, 0.05) is 23.4 Å². The van der Waals surface area contributed by atoms with Gasteiger partial charge >= 0.3 is 0 Å². The van der Waals surface area contributed by atoms with E-state index in [1.54, 1.807) is 24.0 Å². The van der Waals surface area contributed by atoms with E-state index in [0.717, 1.165) is 16.3 Å². The second-order valence-corrected chi connectivity index (χ2v) is 5.56. The average Bonchev–Trinajstić information content (AvgIpc) is 2.87. The Balaban J connectivity index is 2.21. The number of nitrogens with zero attached hydrogens (tertiary/aromatic N) is 1. The molecule has 0 radical (unpaired) electrons. The first kappa shape index (κ1) is 15.3. The molecule has 4 nitrogen and oxygen atoms in total. The van der Waals surface area contributed by atoms with Crippen LogP contribution in [0.25, 0.3) is 0 Å². The fraction of sp³-hybridized carbons (Fsp3) is 0.188. The van der Waals surface area contributed by atoms with Gasteiger partial charge in [0.2, 0.25) is 0 Å². The lowest BCUT2D eigenvalue weighted by atomic mass is 10.3. The number of nitrogens with two attached hydrogens (primary N) is 1. The molecule has 0 aliphatic heterocycles. The van der Waals surface area contributed by atoms with E-state index in [2.05, 4.69) is 11.9 Å². The summed E-state index contributed by atoms with van der Waals surface area (Å²) in [4.78, 5) is 13.4. The number of rotatable bonds is 6. The van der Waals surface area contributed by atoms with Crippen molar-refractivity contribution in [3.8, 4) is 0 Å². The number of carbonyl (C=O) groups excluding carboxylic acids is 1. The minimum absolute atomic E-state index is 0.153. The van der Waals surface area contributed by atoms with Crippen LogP contribution in [0.3, 0.4) is 0 Å². The van der Waals surface area contributed by atoms with Gasteiger partial charge in [-0.25, -0.2) is 0 Å². The van der Waals surface area contributed by atoms with Crippen molar-refractivity contribution in [2.45, 2.75) is 18.4 Å². The molecule has 0 atom stereocenters. The zero-order valence-corrected chi connectivity index (χ0v) is 12.8. The van der Waals surface area contributed by atoms with Gasteiger partial charge in [-0.05, 0) is 25.1 Å². The normalized spacial score (nSPS) is 10.3. The molecule has 21 heavy (non-hydrogen) atoms. The molecule has 0 aliphatic carbocycles. The molecule has 0 saturated heterocycles. The topological polar surface area (TPSA) is 60.1 Å². The van der Waals surface area contributed by atoms with Crippen LogP contribution >= 0.6 is 11.8 Å². The van der Waals surface area contributed by atoms with Crippen molar-refractivity contribution in [2.75, 3.05) is 16.8 Å². The summed E-state index contributed by atoms with van der Waals surface area (Å²) in [5, 5.41) is 2.95. The van der Waals surface area contributed by atoms with Gasteiger partial charge < -0.3 is 15.6 Å². The third-order valence-corrected chi connectivity index (χ3v) is 4.05. The molecule has 1 aromatic carbocycles. The molecule has 2 aromatic rings. The van der Waals surface area contributed by atoms with Crippen LogP contribution in [0, 0.1) is 0 Å². The highest BCUT2D eigenvalue weighted by Gasteiger charge is 2.13. The Kier molecular flexibility index (Phi) is 5.11. The predicted molar refractivity (Wildman–Crippen MR) is 89.8 cm³/mol. The molecule has 5 heteroatoms. The van der Waals surface area contributed by atoms with Crippen molar-refractivity contribution < 1.29 is 4.79 Å². The number of anilines is 2. The first-order valence-electron chi connectivity index (χ1n) is 6.75. The highest BCUT2D eigenvalue weighted by molar-refractivity contribution is 7.99. The molecular formula is C16H19N3OS. The number of nitrogen functional groups attached to an aromatic ring is 1. The molecule has 0 aliphatic rings. The third-order valence-electron chi connectivity index (χ3n) is 2.98. The molecule has 1 amide bonds. The summed E-state index contributed by atoms with van der Waals surface area (Å²) in [7, 11) is 0.